The van der Waals surface area contributed by atoms with Crippen LogP contribution in [0.15, 0.2) is 90.0 Å². The Morgan fingerprint density at radius 1 is 0.852 bits per heavy atom. The number of carbonyl (C=O) groups is 1. The van der Waals surface area contributed by atoms with Crippen molar-refractivity contribution < 1.29 is 4.79 Å². The van der Waals surface area contributed by atoms with Gasteiger partial charge < -0.3 is 5.32 Å². The summed E-state index contributed by atoms with van der Waals surface area (Å²) in [5.41, 5.74) is 5.17. The van der Waals surface area contributed by atoms with Gasteiger partial charge in [-0.15, -0.1) is 0 Å². The van der Waals surface area contributed by atoms with Gasteiger partial charge in [-0.3, -0.25) is 4.79 Å². The largest absolute Gasteiger partial charge is 0.350 e. The highest BCUT2D eigenvalue weighted by Gasteiger charge is 2.30. The molecule has 1 aliphatic heterocycles. The van der Waals surface area contributed by atoms with Crippen molar-refractivity contribution in [2.24, 2.45) is 0 Å². The molecule has 0 aromatic heterocycles. The summed E-state index contributed by atoms with van der Waals surface area (Å²) in [7, 11) is 0. The number of para-hydroxylation sites is 1. The van der Waals surface area contributed by atoms with E-state index in [9.17, 15) is 4.79 Å². The van der Waals surface area contributed by atoms with Crippen molar-refractivity contribution in [3.63, 3.8) is 0 Å². The molecule has 0 bridgehead atoms. The van der Waals surface area contributed by atoms with Gasteiger partial charge in [-0.1, -0.05) is 90.1 Å². The third kappa shape index (κ3) is 3.99. The lowest BCUT2D eigenvalue weighted by molar-refractivity contribution is -0.113. The van der Waals surface area contributed by atoms with Gasteiger partial charge in [-0.2, -0.15) is 0 Å². The summed E-state index contributed by atoms with van der Waals surface area (Å²) in [5.74, 6) is 0.184. The number of thioether (sulfide) groups is 1. The highest BCUT2D eigenvalue weighted by Crippen LogP contribution is 2.46. The van der Waals surface area contributed by atoms with Crippen LogP contribution in [0.4, 0.5) is 5.69 Å². The summed E-state index contributed by atoms with van der Waals surface area (Å²) >= 11 is 1.74. The van der Waals surface area contributed by atoms with Crippen molar-refractivity contribution in [3.05, 3.63) is 107 Å². The molecule has 27 heavy (non-hydrogen) atoms. The molecule has 3 heteroatoms. The lowest BCUT2D eigenvalue weighted by atomic mass is 9.96. The summed E-state index contributed by atoms with van der Waals surface area (Å²) in [4.78, 5) is 13.1. The maximum Gasteiger partial charge on any atom is 0.167 e. The Bertz CT molecular complexity index is 962. The number of ketones is 1. The predicted octanol–water partition coefficient (Wildman–Crippen LogP) is 6.22. The number of anilines is 1. The van der Waals surface area contributed by atoms with Crippen LogP contribution in [0.3, 0.4) is 0 Å². The molecule has 1 atom stereocenters. The van der Waals surface area contributed by atoms with E-state index in [1.54, 1.807) is 11.8 Å². The first-order valence-corrected chi connectivity index (χ1v) is 9.97. The number of rotatable bonds is 4. The lowest BCUT2D eigenvalue weighted by Gasteiger charge is -2.27. The molecule has 3 aromatic rings. The van der Waals surface area contributed by atoms with Gasteiger partial charge in [0.2, 0.25) is 0 Å². The molecule has 134 valence electrons. The standard InChI is InChI=1S/C24H21NOS/c1-17-12-14-18(15-13-17)22-16-21(26)23(19-8-4-2-5-9-19)24(27-22)25-20-10-6-3-7-11-20/h2-15,22,25H,16H2,1H3. The van der Waals surface area contributed by atoms with Gasteiger partial charge in [0.25, 0.3) is 0 Å². The molecule has 3 aromatic carbocycles. The molecule has 0 aliphatic carbocycles. The molecular formula is C24H21NOS. The van der Waals surface area contributed by atoms with Gasteiger partial charge in [0.1, 0.15) is 0 Å². The van der Waals surface area contributed by atoms with Crippen molar-refractivity contribution in [1.82, 2.24) is 0 Å². The zero-order valence-electron chi connectivity index (χ0n) is 15.2. The Kier molecular flexibility index (Phi) is 5.12. The van der Waals surface area contributed by atoms with Gasteiger partial charge in [-0.05, 0) is 30.2 Å². The highest BCUT2D eigenvalue weighted by atomic mass is 32.2. The third-order valence-electron chi connectivity index (χ3n) is 4.68. The van der Waals surface area contributed by atoms with E-state index in [-0.39, 0.29) is 11.0 Å². The number of hydrogen-bond acceptors (Lipinski definition) is 3. The molecule has 1 N–H and O–H groups in total. The van der Waals surface area contributed by atoms with E-state index in [1.165, 1.54) is 11.1 Å². The van der Waals surface area contributed by atoms with Gasteiger partial charge in [0, 0.05) is 17.4 Å². The molecule has 0 saturated heterocycles. The monoisotopic (exact) mass is 371 g/mol. The first-order chi connectivity index (χ1) is 13.2. The van der Waals surface area contributed by atoms with Crippen molar-refractivity contribution >= 4 is 28.8 Å². The van der Waals surface area contributed by atoms with Crippen LogP contribution in [0.1, 0.15) is 28.4 Å². The zero-order valence-corrected chi connectivity index (χ0v) is 16.0. The van der Waals surface area contributed by atoms with E-state index in [2.05, 4.69) is 36.5 Å². The predicted molar refractivity (Wildman–Crippen MR) is 115 cm³/mol. The molecule has 0 amide bonds. The minimum absolute atomic E-state index is 0.122. The summed E-state index contributed by atoms with van der Waals surface area (Å²) in [6, 6.07) is 28.5. The van der Waals surface area contributed by atoms with E-state index in [0.29, 0.717) is 6.42 Å². The van der Waals surface area contributed by atoms with Crippen molar-refractivity contribution in [3.8, 4) is 0 Å². The van der Waals surface area contributed by atoms with Crippen LogP contribution < -0.4 is 5.32 Å². The molecule has 0 radical (unpaired) electrons. The normalized spacial score (nSPS) is 17.1. The van der Waals surface area contributed by atoms with E-state index < -0.39 is 0 Å². The maximum atomic E-state index is 13.1. The second-order valence-corrected chi connectivity index (χ2v) is 7.92. The fourth-order valence-electron chi connectivity index (χ4n) is 3.25. The number of allylic oxidation sites excluding steroid dienone is 1. The van der Waals surface area contributed by atoms with Gasteiger partial charge >= 0.3 is 0 Å². The van der Waals surface area contributed by atoms with E-state index in [1.807, 2.05) is 60.7 Å². The fourth-order valence-corrected chi connectivity index (χ4v) is 4.59. The first kappa shape index (κ1) is 17.6. The number of nitrogens with one attached hydrogen (secondary N) is 1. The molecule has 1 unspecified atom stereocenters. The lowest BCUT2D eigenvalue weighted by Crippen LogP contribution is -2.17. The summed E-state index contributed by atoms with van der Waals surface area (Å²) in [5, 5.41) is 4.54. The number of Topliss-reactive ketones (excluding diaryl/α,β-unsaturated/α-hetero) is 1. The third-order valence-corrected chi connectivity index (χ3v) is 5.95. The molecule has 1 aliphatic rings. The van der Waals surface area contributed by atoms with Crippen LogP contribution in [0.2, 0.25) is 0 Å². The fraction of sp³-hybridized carbons (Fsp3) is 0.125. The Hall–Kier alpha value is -2.78. The van der Waals surface area contributed by atoms with Gasteiger partial charge in [0.05, 0.1) is 10.6 Å². The molecular weight excluding hydrogens is 350 g/mol. The Balaban J connectivity index is 1.74. The molecule has 0 saturated carbocycles. The van der Waals surface area contributed by atoms with E-state index in [0.717, 1.165) is 21.9 Å². The molecule has 2 nitrogen and oxygen atoms in total. The smallest absolute Gasteiger partial charge is 0.167 e. The first-order valence-electron chi connectivity index (χ1n) is 9.09. The minimum Gasteiger partial charge on any atom is -0.350 e. The topological polar surface area (TPSA) is 29.1 Å². The van der Waals surface area contributed by atoms with Crippen LogP contribution in [0.5, 0.6) is 0 Å². The minimum atomic E-state index is 0.122. The van der Waals surface area contributed by atoms with Crippen LogP contribution in [0.25, 0.3) is 5.57 Å². The molecule has 4 rings (SSSR count). The second kappa shape index (κ2) is 7.85. The van der Waals surface area contributed by atoms with E-state index >= 15 is 0 Å². The Morgan fingerprint density at radius 3 is 2.15 bits per heavy atom. The van der Waals surface area contributed by atoms with Crippen LogP contribution in [-0.2, 0) is 4.79 Å². The highest BCUT2D eigenvalue weighted by molar-refractivity contribution is 8.03. The summed E-state index contributed by atoms with van der Waals surface area (Å²) in [6.07, 6.45) is 0.512. The average Bonchev–Trinajstić information content (AvgIpc) is 2.70. The molecule has 0 spiro atoms. The number of benzene rings is 3. The summed E-state index contributed by atoms with van der Waals surface area (Å²) < 4.78 is 0. The van der Waals surface area contributed by atoms with Crippen LogP contribution in [0, 0.1) is 6.92 Å². The quantitative estimate of drug-likeness (QED) is 0.590. The van der Waals surface area contributed by atoms with Gasteiger partial charge in [0.15, 0.2) is 5.78 Å². The SMILES string of the molecule is Cc1ccc(C2CC(=O)C(c3ccccc3)=C(Nc3ccccc3)S2)cc1. The van der Waals surface area contributed by atoms with Crippen molar-refractivity contribution in [2.45, 2.75) is 18.6 Å². The zero-order chi connectivity index (χ0) is 18.6. The second-order valence-electron chi connectivity index (χ2n) is 6.71. The average molecular weight is 372 g/mol. The number of hydrogen-bond donors (Lipinski definition) is 1. The van der Waals surface area contributed by atoms with Crippen LogP contribution in [-0.4, -0.2) is 5.78 Å². The number of carbonyl (C=O) groups excluding carboxylic acids is 1. The van der Waals surface area contributed by atoms with Gasteiger partial charge in [-0.25, -0.2) is 0 Å². The van der Waals surface area contributed by atoms with Crippen molar-refractivity contribution in [2.75, 3.05) is 5.32 Å². The number of aryl methyl sites for hydroxylation is 1. The molecule has 0 fully saturated rings. The Morgan fingerprint density at radius 2 is 1.48 bits per heavy atom. The Labute approximate surface area is 164 Å². The summed E-state index contributed by atoms with van der Waals surface area (Å²) in [6.45, 7) is 2.08. The van der Waals surface area contributed by atoms with E-state index in [4.69, 9.17) is 0 Å². The van der Waals surface area contributed by atoms with Crippen LogP contribution >= 0.6 is 11.8 Å². The maximum absolute atomic E-state index is 13.1. The molecule has 1 heterocycles. The van der Waals surface area contributed by atoms with Crippen molar-refractivity contribution in [1.29, 1.82) is 0 Å².